The van der Waals surface area contributed by atoms with Crippen LogP contribution in [0.4, 0.5) is 17.6 Å². The summed E-state index contributed by atoms with van der Waals surface area (Å²) in [4.78, 5) is 7.66. The van der Waals surface area contributed by atoms with Crippen LogP contribution >= 0.6 is 0 Å². The summed E-state index contributed by atoms with van der Waals surface area (Å²) in [5.41, 5.74) is 1.22. The summed E-state index contributed by atoms with van der Waals surface area (Å²) in [5.74, 6) is -0.386. The zero-order chi connectivity index (χ0) is 21.8. The Bertz CT molecular complexity index is 1260. The molecule has 0 spiro atoms. The number of aromatic nitrogens is 4. The number of aromatic amines is 1. The van der Waals surface area contributed by atoms with Gasteiger partial charge in [-0.3, -0.25) is 4.68 Å². The van der Waals surface area contributed by atoms with Gasteiger partial charge in [-0.25, -0.2) is 9.37 Å². The first kappa shape index (κ1) is 23.5. The molecule has 0 bridgehead atoms. The van der Waals surface area contributed by atoms with Gasteiger partial charge in [-0.2, -0.15) is 18.3 Å². The molecule has 0 aliphatic rings. The molecule has 31 heavy (non-hydrogen) atoms. The van der Waals surface area contributed by atoms with Crippen LogP contribution in [0.15, 0.2) is 42.5 Å². The van der Waals surface area contributed by atoms with Crippen molar-refractivity contribution in [1.82, 2.24) is 19.7 Å². The van der Waals surface area contributed by atoms with Crippen LogP contribution in [0.5, 0.6) is 0 Å². The van der Waals surface area contributed by atoms with E-state index in [1.165, 1.54) is 12.1 Å². The normalized spacial score (nSPS) is 12.3. The molecule has 4 aromatic rings. The van der Waals surface area contributed by atoms with Gasteiger partial charge in [-0.05, 0) is 35.9 Å². The second-order valence-corrected chi connectivity index (χ2v) is 8.27. The Balaban J connectivity index is 0.00000181. The Kier molecular flexibility index (Phi) is 6.12. The molecule has 4 rings (SSSR count). The van der Waals surface area contributed by atoms with Crippen LogP contribution < -0.4 is 29.6 Å². The maximum absolute atomic E-state index is 14.4. The van der Waals surface area contributed by atoms with Crippen LogP contribution in [0.1, 0.15) is 33.5 Å². The summed E-state index contributed by atoms with van der Waals surface area (Å²) >= 11 is 0. The van der Waals surface area contributed by atoms with Gasteiger partial charge < -0.3 is 6.41 Å². The molecule has 4 nitrogen and oxygen atoms in total. The SMILES string of the molecule is Cn1nc(C(C)(C)C)cc1-c1nc2ccc(-c3c(F)cccc3C(F)(F)F)cc2[nH]1.[H-].[Na+]. The number of nitrogens with zero attached hydrogens (tertiary/aromatic N) is 3. The quantitative estimate of drug-likeness (QED) is 0.385. The van der Waals surface area contributed by atoms with Crippen molar-refractivity contribution < 1.29 is 48.5 Å². The van der Waals surface area contributed by atoms with E-state index >= 15 is 0 Å². The molecule has 0 radical (unpaired) electrons. The van der Waals surface area contributed by atoms with Gasteiger partial charge in [0, 0.05) is 18.0 Å². The van der Waals surface area contributed by atoms with Gasteiger partial charge in [0.25, 0.3) is 0 Å². The van der Waals surface area contributed by atoms with Crippen molar-refractivity contribution >= 4 is 11.0 Å². The van der Waals surface area contributed by atoms with Crippen molar-refractivity contribution in [2.45, 2.75) is 32.4 Å². The van der Waals surface area contributed by atoms with Gasteiger partial charge in [0.15, 0.2) is 5.82 Å². The molecule has 0 saturated heterocycles. The fraction of sp³-hybridized carbons (Fsp3) is 0.273. The molecule has 2 heterocycles. The third-order valence-corrected chi connectivity index (χ3v) is 4.98. The number of aryl methyl sites for hydroxylation is 1. The monoisotopic (exact) mass is 440 g/mol. The number of halogens is 4. The standard InChI is InChI=1S/C22H20F4N4.Na.H/c1-21(2,3)18-11-17(30(4)29-18)20-27-15-9-8-12(10-16(15)28-20)19-13(22(24,25)26)6-5-7-14(19)23;;/h5-11H,1-4H3,(H,27,28);;/q;+1;-1. The first-order chi connectivity index (χ1) is 13.9. The molecular formula is C22H21F4N4Na. The average molecular weight is 440 g/mol. The Hall–Kier alpha value is -2.16. The smallest absolute Gasteiger partial charge is 1.00 e. The molecule has 1 N–H and O–H groups in total. The van der Waals surface area contributed by atoms with Gasteiger partial charge in [0.1, 0.15) is 11.5 Å². The molecule has 0 amide bonds. The molecule has 2 aromatic heterocycles. The number of alkyl halides is 3. The van der Waals surface area contributed by atoms with E-state index in [1.807, 2.05) is 6.07 Å². The topological polar surface area (TPSA) is 46.5 Å². The molecule has 0 aliphatic carbocycles. The predicted molar refractivity (Wildman–Crippen MR) is 109 cm³/mol. The van der Waals surface area contributed by atoms with E-state index < -0.39 is 23.1 Å². The molecule has 0 fully saturated rings. The summed E-state index contributed by atoms with van der Waals surface area (Å²) in [6.45, 7) is 6.16. The summed E-state index contributed by atoms with van der Waals surface area (Å²) in [5, 5.41) is 4.53. The number of H-pyrrole nitrogens is 1. The summed E-state index contributed by atoms with van der Waals surface area (Å²) in [6.07, 6.45) is -4.66. The van der Waals surface area contributed by atoms with Crippen LogP contribution in [0.2, 0.25) is 0 Å². The molecule has 9 heteroatoms. The van der Waals surface area contributed by atoms with Crippen LogP contribution in [0.3, 0.4) is 0 Å². The van der Waals surface area contributed by atoms with Crippen molar-refractivity contribution in [1.29, 1.82) is 0 Å². The molecule has 0 atom stereocenters. The van der Waals surface area contributed by atoms with Gasteiger partial charge in [-0.15, -0.1) is 0 Å². The van der Waals surface area contributed by atoms with Crippen molar-refractivity contribution in [3.05, 3.63) is 59.5 Å². The average Bonchev–Trinajstić information content (AvgIpc) is 3.22. The molecule has 158 valence electrons. The molecule has 0 aliphatic heterocycles. The van der Waals surface area contributed by atoms with Crippen LogP contribution in [-0.2, 0) is 18.6 Å². The first-order valence-electron chi connectivity index (χ1n) is 9.36. The minimum atomic E-state index is -4.66. The fourth-order valence-corrected chi connectivity index (χ4v) is 3.40. The number of fused-ring (bicyclic) bond motifs is 1. The number of nitrogens with one attached hydrogen (secondary N) is 1. The summed E-state index contributed by atoms with van der Waals surface area (Å²) in [7, 11) is 1.80. The maximum atomic E-state index is 14.4. The van der Waals surface area contributed by atoms with E-state index in [0.29, 0.717) is 16.9 Å². The van der Waals surface area contributed by atoms with Crippen LogP contribution in [0, 0.1) is 5.82 Å². The van der Waals surface area contributed by atoms with Crippen LogP contribution in [0.25, 0.3) is 33.7 Å². The number of rotatable bonds is 2. The van der Waals surface area contributed by atoms with Gasteiger partial charge in [-0.1, -0.05) is 32.9 Å². The van der Waals surface area contributed by atoms with Crippen molar-refractivity contribution in [3.63, 3.8) is 0 Å². The maximum Gasteiger partial charge on any atom is 1.00 e. The Labute approximate surface area is 200 Å². The predicted octanol–water partition coefficient (Wildman–Crippen LogP) is 3.20. The van der Waals surface area contributed by atoms with E-state index in [9.17, 15) is 17.6 Å². The number of hydrogen-bond donors (Lipinski definition) is 1. The van der Waals surface area contributed by atoms with E-state index in [2.05, 4.69) is 35.8 Å². The largest absolute Gasteiger partial charge is 1.00 e. The minimum Gasteiger partial charge on any atom is -1.00 e. The Morgan fingerprint density at radius 1 is 1.03 bits per heavy atom. The number of benzene rings is 2. The zero-order valence-corrected chi connectivity index (χ0v) is 19.9. The zero-order valence-electron chi connectivity index (χ0n) is 18.9. The molecular weight excluding hydrogens is 419 g/mol. The molecule has 2 aromatic carbocycles. The van der Waals surface area contributed by atoms with E-state index in [-0.39, 0.29) is 42.0 Å². The number of hydrogen-bond acceptors (Lipinski definition) is 2. The minimum absolute atomic E-state index is 0. The van der Waals surface area contributed by atoms with E-state index in [1.54, 1.807) is 17.8 Å². The van der Waals surface area contributed by atoms with Crippen LogP contribution in [-0.4, -0.2) is 19.7 Å². The number of imidazole rings is 1. The second-order valence-electron chi connectivity index (χ2n) is 8.27. The summed E-state index contributed by atoms with van der Waals surface area (Å²) < 4.78 is 56.3. The molecule has 0 saturated carbocycles. The third kappa shape index (κ3) is 4.42. The van der Waals surface area contributed by atoms with Gasteiger partial charge in [0.2, 0.25) is 0 Å². The van der Waals surface area contributed by atoms with Crippen molar-refractivity contribution in [2.75, 3.05) is 0 Å². The first-order valence-corrected chi connectivity index (χ1v) is 9.36. The van der Waals surface area contributed by atoms with E-state index in [0.717, 1.165) is 29.6 Å². The second kappa shape index (κ2) is 8.07. The van der Waals surface area contributed by atoms with Crippen molar-refractivity contribution in [3.8, 4) is 22.6 Å². The Morgan fingerprint density at radius 2 is 1.74 bits per heavy atom. The molecule has 0 unspecified atom stereocenters. The van der Waals surface area contributed by atoms with E-state index in [4.69, 9.17) is 0 Å². The summed E-state index contributed by atoms with van der Waals surface area (Å²) in [6, 6.07) is 9.41. The fourth-order valence-electron chi connectivity index (χ4n) is 3.40. The van der Waals surface area contributed by atoms with Gasteiger partial charge >= 0.3 is 35.7 Å². The third-order valence-electron chi connectivity index (χ3n) is 4.98. The van der Waals surface area contributed by atoms with Gasteiger partial charge in [0.05, 0.1) is 22.3 Å². The Morgan fingerprint density at radius 3 is 2.35 bits per heavy atom. The van der Waals surface area contributed by atoms with Crippen molar-refractivity contribution in [2.24, 2.45) is 7.05 Å².